The first-order valence-corrected chi connectivity index (χ1v) is 19.2. The zero-order valence-corrected chi connectivity index (χ0v) is 30.3. The number of carbonyl (C=O) groups excluding carboxylic acids is 2. The highest BCUT2D eigenvalue weighted by Crippen LogP contribution is 2.69. The van der Waals surface area contributed by atoms with Gasteiger partial charge in [0.05, 0.1) is 41.1 Å². The Morgan fingerprint density at radius 2 is 0.904 bits per heavy atom. The van der Waals surface area contributed by atoms with Crippen LogP contribution in [0.5, 0.6) is 23.0 Å². The van der Waals surface area contributed by atoms with Gasteiger partial charge in [0, 0.05) is 0 Å². The van der Waals surface area contributed by atoms with E-state index >= 15 is 0 Å². The maximum absolute atomic E-state index is 14.4. The molecular formula is C40H24N4O4S4. The van der Waals surface area contributed by atoms with Gasteiger partial charge < -0.3 is 9.47 Å². The van der Waals surface area contributed by atoms with E-state index in [9.17, 15) is 20.1 Å². The van der Waals surface area contributed by atoms with E-state index in [-0.39, 0.29) is 24.2 Å². The number of allylic oxidation sites excluding steroid dienone is 1. The summed E-state index contributed by atoms with van der Waals surface area (Å²) in [5.74, 6) is 1.36. The maximum Gasteiger partial charge on any atom is 0.280 e. The molecule has 8 rings (SSSR count). The summed E-state index contributed by atoms with van der Waals surface area (Å²) in [6, 6.07) is 41.8. The van der Waals surface area contributed by atoms with Crippen molar-refractivity contribution in [1.82, 2.24) is 10.0 Å². The second-order valence-electron chi connectivity index (χ2n) is 11.5. The molecule has 5 aromatic rings. The minimum atomic E-state index is -0.391. The lowest BCUT2D eigenvalue weighted by Gasteiger charge is -2.27. The zero-order valence-electron chi connectivity index (χ0n) is 27.0. The van der Waals surface area contributed by atoms with Crippen LogP contribution < -0.4 is 9.47 Å². The molecule has 0 aliphatic carbocycles. The van der Waals surface area contributed by atoms with E-state index in [1.54, 1.807) is 0 Å². The summed E-state index contributed by atoms with van der Waals surface area (Å²) >= 11 is 5.12. The first-order valence-electron chi connectivity index (χ1n) is 15.9. The van der Waals surface area contributed by atoms with Crippen molar-refractivity contribution in [1.29, 1.82) is 10.5 Å². The molecule has 5 aromatic carbocycles. The minimum absolute atomic E-state index is 0.00930. The number of hydrogen-bond donors (Lipinski definition) is 0. The molecule has 8 nitrogen and oxygen atoms in total. The molecule has 0 aromatic heterocycles. The van der Waals surface area contributed by atoms with Gasteiger partial charge in [0.2, 0.25) is 0 Å². The molecule has 2 amide bonds. The van der Waals surface area contributed by atoms with E-state index in [1.165, 1.54) is 57.1 Å². The Morgan fingerprint density at radius 3 is 1.29 bits per heavy atom. The molecule has 0 spiro atoms. The Labute approximate surface area is 316 Å². The summed E-state index contributed by atoms with van der Waals surface area (Å²) in [6.45, 7) is 0.442. The molecule has 1 fully saturated rings. The van der Waals surface area contributed by atoms with Crippen LogP contribution in [-0.2, 0) is 22.7 Å². The Balaban J connectivity index is 1.28. The lowest BCUT2D eigenvalue weighted by molar-refractivity contribution is -0.149. The molecule has 3 aliphatic heterocycles. The number of amides is 2. The normalized spacial score (nSPS) is 14.6. The summed E-state index contributed by atoms with van der Waals surface area (Å²) < 4.78 is 14.2. The van der Waals surface area contributed by atoms with Gasteiger partial charge in [-0.1, -0.05) is 144 Å². The molecule has 0 unspecified atom stereocenters. The van der Waals surface area contributed by atoms with Crippen LogP contribution >= 0.6 is 47.0 Å². The quantitative estimate of drug-likeness (QED) is 0.0864. The average molecular weight is 753 g/mol. The highest BCUT2D eigenvalue weighted by Gasteiger charge is 2.46. The molecule has 12 heteroatoms. The van der Waals surface area contributed by atoms with Crippen molar-refractivity contribution in [3.05, 3.63) is 152 Å². The van der Waals surface area contributed by atoms with Crippen LogP contribution in [0.1, 0.15) is 11.1 Å². The van der Waals surface area contributed by atoms with Crippen LogP contribution in [0.2, 0.25) is 0 Å². The average Bonchev–Trinajstić information content (AvgIpc) is 3.87. The van der Waals surface area contributed by atoms with Gasteiger partial charge in [-0.2, -0.15) is 10.5 Å². The third-order valence-electron chi connectivity index (χ3n) is 8.11. The Kier molecular flexibility index (Phi) is 9.46. The van der Waals surface area contributed by atoms with E-state index < -0.39 is 11.8 Å². The standard InChI is InChI=1S/C40H24N4O4S4/c41-21-27(22-42)39-49-33-31(47-28-17-9-3-10-18-28)35-36(32(34(33)50-39)48-29-19-11-4-12-20-29)52-40(51-35)30-37(45)43(23-25-13-5-1-6-14-25)44(38(30)46)24-26-15-7-2-8-16-26/h1-20H,23-24H2. The number of hydrazine groups is 1. The van der Waals surface area contributed by atoms with Gasteiger partial charge in [-0.25, -0.2) is 10.0 Å². The summed E-state index contributed by atoms with van der Waals surface area (Å²) in [6.07, 6.45) is 0. The fraction of sp³-hybridized carbons (Fsp3) is 0.0500. The Morgan fingerprint density at radius 1 is 0.538 bits per heavy atom. The molecule has 1 saturated heterocycles. The number of carbonyl (C=O) groups is 2. The molecule has 3 aliphatic rings. The summed E-state index contributed by atoms with van der Waals surface area (Å²) in [5.41, 5.74) is 1.85. The topological polar surface area (TPSA) is 107 Å². The van der Waals surface area contributed by atoms with E-state index in [1.807, 2.05) is 133 Å². The van der Waals surface area contributed by atoms with Gasteiger partial charge in [-0.05, 0) is 35.4 Å². The molecule has 0 saturated carbocycles. The predicted molar refractivity (Wildman–Crippen MR) is 202 cm³/mol. The smallest absolute Gasteiger partial charge is 0.280 e. The first kappa shape index (κ1) is 33.6. The number of nitrogens with zero attached hydrogens (tertiary/aromatic N) is 4. The van der Waals surface area contributed by atoms with Crippen molar-refractivity contribution in [2.24, 2.45) is 0 Å². The summed E-state index contributed by atoms with van der Waals surface area (Å²) in [5, 5.41) is 22.6. The van der Waals surface area contributed by atoms with Crippen molar-refractivity contribution in [2.75, 3.05) is 0 Å². The van der Waals surface area contributed by atoms with Crippen LogP contribution in [0.3, 0.4) is 0 Å². The van der Waals surface area contributed by atoms with Crippen molar-refractivity contribution in [2.45, 2.75) is 32.7 Å². The minimum Gasteiger partial charge on any atom is -0.455 e. The highest BCUT2D eigenvalue weighted by atomic mass is 32.2. The first-order chi connectivity index (χ1) is 25.5. The summed E-state index contributed by atoms with van der Waals surface area (Å²) in [7, 11) is 0. The van der Waals surface area contributed by atoms with Gasteiger partial charge in [-0.15, -0.1) is 0 Å². The van der Waals surface area contributed by atoms with Crippen LogP contribution in [0, 0.1) is 22.7 Å². The molecule has 0 radical (unpaired) electrons. The largest absolute Gasteiger partial charge is 0.455 e. The fourth-order valence-corrected chi connectivity index (χ4v) is 11.0. The van der Waals surface area contributed by atoms with Gasteiger partial charge in [-0.3, -0.25) is 9.59 Å². The third kappa shape index (κ3) is 6.42. The van der Waals surface area contributed by atoms with Crippen molar-refractivity contribution in [3.63, 3.8) is 0 Å². The second-order valence-corrected chi connectivity index (χ2v) is 16.1. The van der Waals surface area contributed by atoms with Crippen LogP contribution in [-0.4, -0.2) is 21.8 Å². The highest BCUT2D eigenvalue weighted by molar-refractivity contribution is 8.26. The number of ether oxygens (including phenoxy) is 2. The van der Waals surface area contributed by atoms with Crippen LogP contribution in [0.15, 0.2) is 161 Å². The number of rotatable bonds is 8. The van der Waals surface area contributed by atoms with Crippen LogP contribution in [0.25, 0.3) is 0 Å². The lowest BCUT2D eigenvalue weighted by Crippen LogP contribution is -2.39. The summed E-state index contributed by atoms with van der Waals surface area (Å²) in [4.78, 5) is 31.6. The Bertz CT molecular complexity index is 2210. The van der Waals surface area contributed by atoms with Gasteiger partial charge in [0.25, 0.3) is 11.8 Å². The number of thioether (sulfide) groups is 4. The number of benzene rings is 5. The third-order valence-corrected chi connectivity index (χ3v) is 13.3. The van der Waals surface area contributed by atoms with Crippen molar-refractivity contribution >= 4 is 58.9 Å². The molecule has 0 N–H and O–H groups in total. The molecule has 0 atom stereocenters. The van der Waals surface area contributed by atoms with Gasteiger partial charge >= 0.3 is 0 Å². The number of hydrogen-bond acceptors (Lipinski definition) is 10. The van der Waals surface area contributed by atoms with Gasteiger partial charge in [0.1, 0.15) is 34.8 Å². The maximum atomic E-state index is 14.4. The van der Waals surface area contributed by atoms with Crippen molar-refractivity contribution < 1.29 is 19.1 Å². The van der Waals surface area contributed by atoms with E-state index in [2.05, 4.69) is 0 Å². The predicted octanol–water partition coefficient (Wildman–Crippen LogP) is 10.1. The van der Waals surface area contributed by atoms with Gasteiger partial charge in [0.15, 0.2) is 11.5 Å². The SMILES string of the molecule is N#CC(C#N)=C1Sc2c(Oc3ccccc3)c3c(c(Oc4ccccc4)c2S1)SC(=C1C(=O)N(Cc2ccccc2)N(Cc2ccccc2)C1=O)S3. The molecule has 0 bridgehead atoms. The number of nitriles is 2. The number of para-hydroxylation sites is 2. The Hall–Kier alpha value is -5.50. The van der Waals surface area contributed by atoms with E-state index in [4.69, 9.17) is 9.47 Å². The second kappa shape index (κ2) is 14.6. The van der Waals surface area contributed by atoms with E-state index in [0.717, 1.165) is 11.1 Å². The van der Waals surface area contributed by atoms with Crippen molar-refractivity contribution in [3.8, 4) is 35.1 Å². The number of fused-ring (bicyclic) bond motifs is 2. The van der Waals surface area contributed by atoms with E-state index in [0.29, 0.717) is 51.1 Å². The lowest BCUT2D eigenvalue weighted by atomic mass is 10.2. The monoisotopic (exact) mass is 752 g/mol. The zero-order chi connectivity index (χ0) is 35.6. The molecule has 3 heterocycles. The van der Waals surface area contributed by atoms with Crippen LogP contribution in [0.4, 0.5) is 0 Å². The fourth-order valence-electron chi connectivity index (χ4n) is 5.69. The molecule has 52 heavy (non-hydrogen) atoms. The molecule has 252 valence electrons. The molecular weight excluding hydrogens is 729 g/mol.